The number of methoxy groups -OCH3 is 1. The minimum Gasteiger partial charge on any atom is -0.468 e. The van der Waals surface area contributed by atoms with E-state index in [-0.39, 0.29) is 0 Å². The van der Waals surface area contributed by atoms with E-state index in [1.807, 2.05) is 24.3 Å². The van der Waals surface area contributed by atoms with Crippen LogP contribution in [-0.2, 0) is 16.0 Å². The Labute approximate surface area is 104 Å². The SMILES string of the molecule is COC(=O)C(N)Cc1ccc(-n2cncn2)cc1. The van der Waals surface area contributed by atoms with Crippen LogP contribution in [0.3, 0.4) is 0 Å². The van der Waals surface area contributed by atoms with Gasteiger partial charge in [0.05, 0.1) is 12.8 Å². The summed E-state index contributed by atoms with van der Waals surface area (Å²) in [6, 6.07) is 6.97. The maximum Gasteiger partial charge on any atom is 0.322 e. The Morgan fingerprint density at radius 2 is 2.17 bits per heavy atom. The number of hydrogen-bond acceptors (Lipinski definition) is 5. The van der Waals surface area contributed by atoms with Crippen LogP contribution in [0.5, 0.6) is 0 Å². The first-order chi connectivity index (χ1) is 8.70. The van der Waals surface area contributed by atoms with Crippen molar-refractivity contribution in [1.29, 1.82) is 0 Å². The monoisotopic (exact) mass is 246 g/mol. The molecule has 1 atom stereocenters. The highest BCUT2D eigenvalue weighted by Gasteiger charge is 2.13. The van der Waals surface area contributed by atoms with E-state index >= 15 is 0 Å². The Bertz CT molecular complexity index is 507. The summed E-state index contributed by atoms with van der Waals surface area (Å²) < 4.78 is 6.24. The molecule has 1 aromatic carbocycles. The Hall–Kier alpha value is -2.21. The smallest absolute Gasteiger partial charge is 0.322 e. The zero-order valence-corrected chi connectivity index (χ0v) is 9.98. The van der Waals surface area contributed by atoms with Crippen molar-refractivity contribution in [1.82, 2.24) is 14.8 Å². The molecule has 0 aliphatic carbocycles. The van der Waals surface area contributed by atoms with Crippen molar-refractivity contribution in [2.45, 2.75) is 12.5 Å². The van der Waals surface area contributed by atoms with Crippen LogP contribution in [0.15, 0.2) is 36.9 Å². The molecule has 0 aliphatic rings. The summed E-state index contributed by atoms with van der Waals surface area (Å²) in [5, 5.41) is 4.03. The average Bonchev–Trinajstić information content (AvgIpc) is 2.92. The van der Waals surface area contributed by atoms with Crippen LogP contribution in [0.1, 0.15) is 5.56 Å². The molecule has 1 aromatic heterocycles. The van der Waals surface area contributed by atoms with E-state index in [9.17, 15) is 4.79 Å². The zero-order valence-electron chi connectivity index (χ0n) is 9.98. The van der Waals surface area contributed by atoms with Crippen LogP contribution in [0.2, 0.25) is 0 Å². The second-order valence-corrected chi connectivity index (χ2v) is 3.84. The first-order valence-electron chi connectivity index (χ1n) is 5.48. The van der Waals surface area contributed by atoms with Crippen LogP contribution in [0.4, 0.5) is 0 Å². The molecule has 0 amide bonds. The van der Waals surface area contributed by atoms with Gasteiger partial charge in [0.1, 0.15) is 18.7 Å². The topological polar surface area (TPSA) is 83.0 Å². The Kier molecular flexibility index (Phi) is 3.69. The number of benzene rings is 1. The molecule has 94 valence electrons. The summed E-state index contributed by atoms with van der Waals surface area (Å²) in [4.78, 5) is 15.1. The largest absolute Gasteiger partial charge is 0.468 e. The van der Waals surface area contributed by atoms with Gasteiger partial charge in [-0.25, -0.2) is 9.67 Å². The van der Waals surface area contributed by atoms with Gasteiger partial charge >= 0.3 is 5.97 Å². The molecule has 0 saturated carbocycles. The lowest BCUT2D eigenvalue weighted by molar-refractivity contribution is -0.142. The predicted molar refractivity (Wildman–Crippen MR) is 65.1 cm³/mol. The summed E-state index contributed by atoms with van der Waals surface area (Å²) in [5.41, 5.74) is 7.56. The minimum absolute atomic E-state index is 0.407. The molecule has 6 nitrogen and oxygen atoms in total. The van der Waals surface area contributed by atoms with Gasteiger partial charge in [0.15, 0.2) is 0 Å². The highest BCUT2D eigenvalue weighted by Crippen LogP contribution is 2.09. The van der Waals surface area contributed by atoms with Gasteiger partial charge < -0.3 is 10.5 Å². The second kappa shape index (κ2) is 5.42. The van der Waals surface area contributed by atoms with Gasteiger partial charge in [-0.3, -0.25) is 4.79 Å². The maximum absolute atomic E-state index is 11.2. The molecule has 2 aromatic rings. The molecule has 0 spiro atoms. The molecule has 0 bridgehead atoms. The molecule has 1 unspecified atom stereocenters. The van der Waals surface area contributed by atoms with Crippen LogP contribution in [-0.4, -0.2) is 33.9 Å². The number of hydrogen-bond donors (Lipinski definition) is 1. The molecule has 0 radical (unpaired) electrons. The van der Waals surface area contributed by atoms with E-state index < -0.39 is 12.0 Å². The van der Waals surface area contributed by atoms with Crippen molar-refractivity contribution in [3.8, 4) is 5.69 Å². The van der Waals surface area contributed by atoms with Crippen LogP contribution in [0, 0.1) is 0 Å². The van der Waals surface area contributed by atoms with E-state index in [0.29, 0.717) is 6.42 Å². The highest BCUT2D eigenvalue weighted by molar-refractivity contribution is 5.75. The second-order valence-electron chi connectivity index (χ2n) is 3.84. The molecular formula is C12H14N4O2. The van der Waals surface area contributed by atoms with Crippen LogP contribution < -0.4 is 5.73 Å². The lowest BCUT2D eigenvalue weighted by Gasteiger charge is -2.09. The fourth-order valence-corrected chi connectivity index (χ4v) is 1.61. The number of aromatic nitrogens is 3. The number of nitrogens with two attached hydrogens (primary N) is 1. The van der Waals surface area contributed by atoms with Gasteiger partial charge in [-0.05, 0) is 24.1 Å². The van der Waals surface area contributed by atoms with Gasteiger partial charge in [-0.15, -0.1) is 0 Å². The third kappa shape index (κ3) is 2.72. The van der Waals surface area contributed by atoms with Crippen molar-refractivity contribution < 1.29 is 9.53 Å². The van der Waals surface area contributed by atoms with Crippen molar-refractivity contribution in [3.63, 3.8) is 0 Å². The number of carbonyl (C=O) groups is 1. The van der Waals surface area contributed by atoms with Gasteiger partial charge in [-0.2, -0.15) is 5.10 Å². The number of nitrogens with zero attached hydrogens (tertiary/aromatic N) is 3. The van der Waals surface area contributed by atoms with Crippen LogP contribution in [0.25, 0.3) is 5.69 Å². The lowest BCUT2D eigenvalue weighted by atomic mass is 10.1. The molecule has 1 heterocycles. The van der Waals surface area contributed by atoms with E-state index in [4.69, 9.17) is 5.73 Å². The molecular weight excluding hydrogens is 232 g/mol. The Morgan fingerprint density at radius 1 is 1.44 bits per heavy atom. The van der Waals surface area contributed by atoms with Crippen molar-refractivity contribution in [3.05, 3.63) is 42.5 Å². The first kappa shape index (κ1) is 12.3. The summed E-state index contributed by atoms with van der Waals surface area (Å²) in [7, 11) is 1.33. The molecule has 2 rings (SSSR count). The Balaban J connectivity index is 2.06. The Morgan fingerprint density at radius 3 is 2.72 bits per heavy atom. The van der Waals surface area contributed by atoms with E-state index in [1.165, 1.54) is 13.4 Å². The third-order valence-electron chi connectivity index (χ3n) is 2.58. The molecule has 0 saturated heterocycles. The summed E-state index contributed by atoms with van der Waals surface area (Å²) in [5.74, 6) is -0.407. The molecule has 0 aliphatic heterocycles. The number of ether oxygens (including phenoxy) is 1. The zero-order chi connectivity index (χ0) is 13.0. The maximum atomic E-state index is 11.2. The average molecular weight is 246 g/mol. The van der Waals surface area contributed by atoms with Crippen molar-refractivity contribution >= 4 is 5.97 Å². The quantitative estimate of drug-likeness (QED) is 0.785. The lowest BCUT2D eigenvalue weighted by Crippen LogP contribution is -2.33. The molecule has 6 heteroatoms. The van der Waals surface area contributed by atoms with Crippen molar-refractivity contribution in [2.75, 3.05) is 7.11 Å². The van der Waals surface area contributed by atoms with Gasteiger partial charge in [0.2, 0.25) is 0 Å². The van der Waals surface area contributed by atoms with Gasteiger partial charge in [0, 0.05) is 0 Å². The number of esters is 1. The molecule has 0 fully saturated rings. The minimum atomic E-state index is -0.632. The number of rotatable bonds is 4. The highest BCUT2D eigenvalue weighted by atomic mass is 16.5. The van der Waals surface area contributed by atoms with E-state index in [0.717, 1.165) is 11.3 Å². The summed E-state index contributed by atoms with van der Waals surface area (Å²) >= 11 is 0. The van der Waals surface area contributed by atoms with Crippen molar-refractivity contribution in [2.24, 2.45) is 5.73 Å². The van der Waals surface area contributed by atoms with Gasteiger partial charge in [0.25, 0.3) is 0 Å². The fraction of sp³-hybridized carbons (Fsp3) is 0.250. The standard InChI is InChI=1S/C12H14N4O2/c1-18-12(17)11(13)6-9-2-4-10(5-3-9)16-8-14-7-15-16/h2-5,7-8,11H,6,13H2,1H3. The van der Waals surface area contributed by atoms with E-state index in [1.54, 1.807) is 11.0 Å². The molecule has 2 N–H and O–H groups in total. The summed E-state index contributed by atoms with van der Waals surface area (Å²) in [6.45, 7) is 0. The normalized spacial score (nSPS) is 12.1. The number of carbonyl (C=O) groups excluding carboxylic acids is 1. The first-order valence-corrected chi connectivity index (χ1v) is 5.48. The fourth-order valence-electron chi connectivity index (χ4n) is 1.61. The van der Waals surface area contributed by atoms with E-state index in [2.05, 4.69) is 14.8 Å². The van der Waals surface area contributed by atoms with Crippen LogP contribution >= 0.6 is 0 Å². The van der Waals surface area contributed by atoms with Gasteiger partial charge in [-0.1, -0.05) is 12.1 Å². The summed E-state index contributed by atoms with van der Waals surface area (Å²) in [6.07, 6.45) is 3.54. The predicted octanol–water partition coefficient (Wildman–Crippen LogP) is 0.310. The third-order valence-corrected chi connectivity index (χ3v) is 2.58. The molecule has 18 heavy (non-hydrogen) atoms.